The Labute approximate surface area is 177 Å². The highest BCUT2D eigenvalue weighted by Crippen LogP contribution is 2.20. The van der Waals surface area contributed by atoms with Gasteiger partial charge < -0.3 is 19.9 Å². The molecule has 0 radical (unpaired) electrons. The Balaban J connectivity index is 1.49. The topological polar surface area (TPSA) is 76.4 Å². The van der Waals surface area contributed by atoms with E-state index in [0.717, 1.165) is 43.6 Å². The third-order valence-corrected chi connectivity index (χ3v) is 5.71. The molecule has 30 heavy (non-hydrogen) atoms. The van der Waals surface area contributed by atoms with Crippen molar-refractivity contribution in [2.24, 2.45) is 12.0 Å². The van der Waals surface area contributed by atoms with E-state index < -0.39 is 0 Å². The van der Waals surface area contributed by atoms with E-state index in [1.165, 1.54) is 16.3 Å². The lowest BCUT2D eigenvalue weighted by molar-refractivity contribution is 0.113. The number of ether oxygens (including phenoxy) is 1. The fourth-order valence-corrected chi connectivity index (χ4v) is 3.67. The smallest absolute Gasteiger partial charge is 0.192 e. The van der Waals surface area contributed by atoms with Crippen molar-refractivity contribution < 1.29 is 4.74 Å². The second kappa shape index (κ2) is 9.26. The predicted molar refractivity (Wildman–Crippen MR) is 119 cm³/mol. The molecular formula is C23H30N6O. The molecule has 1 fully saturated rings. The Morgan fingerprint density at radius 1 is 1.23 bits per heavy atom. The molecule has 0 saturated carbocycles. The van der Waals surface area contributed by atoms with Crippen LogP contribution in [0.2, 0.25) is 0 Å². The summed E-state index contributed by atoms with van der Waals surface area (Å²) in [5.41, 5.74) is 1.22. The molecule has 1 aromatic heterocycles. The van der Waals surface area contributed by atoms with Crippen LogP contribution >= 0.6 is 0 Å². The molecule has 1 aliphatic rings. The molecule has 0 amide bonds. The SMILES string of the molecule is Cc1nnc(CN=C(NCC2CCCO2)NC(C)c2ccc3ccccc3c2)n1C. The molecule has 158 valence electrons. The Morgan fingerprint density at radius 2 is 2.07 bits per heavy atom. The number of nitrogens with zero attached hydrogens (tertiary/aromatic N) is 4. The summed E-state index contributed by atoms with van der Waals surface area (Å²) in [7, 11) is 1.96. The highest BCUT2D eigenvalue weighted by molar-refractivity contribution is 5.84. The summed E-state index contributed by atoms with van der Waals surface area (Å²) in [4.78, 5) is 4.77. The standard InChI is InChI=1S/C23H30N6O/c1-16(19-11-10-18-7-4-5-8-20(18)13-19)26-23(24-14-21-9-6-12-30-21)25-15-22-28-27-17(2)29(22)3/h4-5,7-8,10-11,13,16,21H,6,9,12,14-15H2,1-3H3,(H2,24,25,26). The van der Waals surface area contributed by atoms with Gasteiger partial charge in [0, 0.05) is 20.2 Å². The average molecular weight is 407 g/mol. The van der Waals surface area contributed by atoms with Gasteiger partial charge in [-0.3, -0.25) is 0 Å². The zero-order valence-electron chi connectivity index (χ0n) is 17.9. The van der Waals surface area contributed by atoms with E-state index >= 15 is 0 Å². The second-order valence-corrected chi connectivity index (χ2v) is 7.88. The number of aromatic nitrogens is 3. The lowest BCUT2D eigenvalue weighted by atomic mass is 10.0. The number of aliphatic imine (C=N–C) groups is 1. The number of rotatable bonds is 6. The molecule has 2 aromatic carbocycles. The van der Waals surface area contributed by atoms with Crippen molar-refractivity contribution >= 4 is 16.7 Å². The Hall–Kier alpha value is -2.93. The van der Waals surface area contributed by atoms with Crippen LogP contribution in [-0.2, 0) is 18.3 Å². The van der Waals surface area contributed by atoms with Gasteiger partial charge in [-0.15, -0.1) is 10.2 Å². The maximum Gasteiger partial charge on any atom is 0.192 e. The van der Waals surface area contributed by atoms with Crippen LogP contribution in [0.5, 0.6) is 0 Å². The van der Waals surface area contributed by atoms with Gasteiger partial charge in [0.2, 0.25) is 0 Å². The molecule has 2 atom stereocenters. The monoisotopic (exact) mass is 406 g/mol. The van der Waals surface area contributed by atoms with Gasteiger partial charge in [0.1, 0.15) is 12.4 Å². The lowest BCUT2D eigenvalue weighted by Crippen LogP contribution is -2.42. The highest BCUT2D eigenvalue weighted by Gasteiger charge is 2.17. The summed E-state index contributed by atoms with van der Waals surface area (Å²) in [5, 5.41) is 17.8. The van der Waals surface area contributed by atoms with E-state index in [1.807, 2.05) is 18.5 Å². The minimum absolute atomic E-state index is 0.103. The van der Waals surface area contributed by atoms with Crippen molar-refractivity contribution in [1.29, 1.82) is 0 Å². The van der Waals surface area contributed by atoms with Gasteiger partial charge in [-0.25, -0.2) is 4.99 Å². The van der Waals surface area contributed by atoms with Crippen LogP contribution in [0.15, 0.2) is 47.5 Å². The van der Waals surface area contributed by atoms with Crippen molar-refractivity contribution in [3.63, 3.8) is 0 Å². The molecule has 0 spiro atoms. The van der Waals surface area contributed by atoms with Crippen LogP contribution in [0, 0.1) is 6.92 Å². The van der Waals surface area contributed by atoms with Gasteiger partial charge in [0.15, 0.2) is 11.8 Å². The largest absolute Gasteiger partial charge is 0.376 e. The zero-order chi connectivity index (χ0) is 20.9. The first-order chi connectivity index (χ1) is 14.6. The maximum absolute atomic E-state index is 5.75. The van der Waals surface area contributed by atoms with Crippen molar-refractivity contribution in [3.8, 4) is 0 Å². The third-order valence-electron chi connectivity index (χ3n) is 5.71. The number of hydrogen-bond acceptors (Lipinski definition) is 4. The number of nitrogens with one attached hydrogen (secondary N) is 2. The quantitative estimate of drug-likeness (QED) is 0.485. The van der Waals surface area contributed by atoms with Crippen molar-refractivity contribution in [2.75, 3.05) is 13.2 Å². The van der Waals surface area contributed by atoms with Crippen LogP contribution in [0.4, 0.5) is 0 Å². The van der Waals surface area contributed by atoms with Gasteiger partial charge in [0.05, 0.1) is 12.1 Å². The Morgan fingerprint density at radius 3 is 2.80 bits per heavy atom. The number of aryl methyl sites for hydroxylation is 1. The van der Waals surface area contributed by atoms with Crippen LogP contribution in [0.3, 0.4) is 0 Å². The molecule has 7 nitrogen and oxygen atoms in total. The fourth-order valence-electron chi connectivity index (χ4n) is 3.67. The third kappa shape index (κ3) is 4.79. The molecule has 3 aromatic rings. The summed E-state index contributed by atoms with van der Waals surface area (Å²) in [6.07, 6.45) is 2.45. The average Bonchev–Trinajstić information content (AvgIpc) is 3.40. The second-order valence-electron chi connectivity index (χ2n) is 7.88. The summed E-state index contributed by atoms with van der Waals surface area (Å²) in [6, 6.07) is 15.1. The Kier molecular flexibility index (Phi) is 6.28. The summed E-state index contributed by atoms with van der Waals surface area (Å²) in [5.74, 6) is 2.47. The number of benzene rings is 2. The van der Waals surface area contributed by atoms with Gasteiger partial charge >= 0.3 is 0 Å². The molecule has 1 saturated heterocycles. The van der Waals surface area contributed by atoms with Crippen molar-refractivity contribution in [3.05, 3.63) is 59.7 Å². The van der Waals surface area contributed by atoms with E-state index in [-0.39, 0.29) is 12.1 Å². The van der Waals surface area contributed by atoms with Crippen LogP contribution in [0.1, 0.15) is 43.0 Å². The van der Waals surface area contributed by atoms with Crippen LogP contribution in [0.25, 0.3) is 10.8 Å². The number of guanidine groups is 1. The molecule has 2 heterocycles. The summed E-state index contributed by atoms with van der Waals surface area (Å²) in [6.45, 7) is 6.14. The fraction of sp³-hybridized carbons (Fsp3) is 0.435. The molecular weight excluding hydrogens is 376 g/mol. The van der Waals surface area contributed by atoms with Gasteiger partial charge in [-0.05, 0) is 49.1 Å². The molecule has 1 aliphatic heterocycles. The first kappa shape index (κ1) is 20.3. The van der Waals surface area contributed by atoms with E-state index in [1.54, 1.807) is 0 Å². The van der Waals surface area contributed by atoms with Gasteiger partial charge in [-0.2, -0.15) is 0 Å². The maximum atomic E-state index is 5.75. The predicted octanol–water partition coefficient (Wildman–Crippen LogP) is 3.25. The minimum atomic E-state index is 0.103. The van der Waals surface area contributed by atoms with E-state index in [9.17, 15) is 0 Å². The summed E-state index contributed by atoms with van der Waals surface area (Å²) < 4.78 is 7.72. The zero-order valence-corrected chi connectivity index (χ0v) is 17.9. The van der Waals surface area contributed by atoms with E-state index in [2.05, 4.69) is 70.2 Å². The molecule has 2 N–H and O–H groups in total. The number of fused-ring (bicyclic) bond motifs is 1. The van der Waals surface area contributed by atoms with Crippen molar-refractivity contribution in [2.45, 2.75) is 45.4 Å². The number of hydrogen-bond donors (Lipinski definition) is 2. The normalized spacial score (nSPS) is 18.0. The molecule has 7 heteroatoms. The lowest BCUT2D eigenvalue weighted by Gasteiger charge is -2.20. The van der Waals surface area contributed by atoms with E-state index in [4.69, 9.17) is 9.73 Å². The molecule has 4 rings (SSSR count). The summed E-state index contributed by atoms with van der Waals surface area (Å²) >= 11 is 0. The van der Waals surface area contributed by atoms with Crippen LogP contribution in [-0.4, -0.2) is 40.0 Å². The van der Waals surface area contributed by atoms with Crippen molar-refractivity contribution in [1.82, 2.24) is 25.4 Å². The van der Waals surface area contributed by atoms with Crippen LogP contribution < -0.4 is 10.6 Å². The molecule has 0 aliphatic carbocycles. The highest BCUT2D eigenvalue weighted by atomic mass is 16.5. The Bertz CT molecular complexity index is 1020. The molecule has 2 unspecified atom stereocenters. The molecule has 0 bridgehead atoms. The van der Waals surface area contributed by atoms with E-state index in [0.29, 0.717) is 6.54 Å². The first-order valence-electron chi connectivity index (χ1n) is 10.6. The van der Waals surface area contributed by atoms with Gasteiger partial charge in [0.25, 0.3) is 0 Å². The van der Waals surface area contributed by atoms with Gasteiger partial charge in [-0.1, -0.05) is 36.4 Å². The first-order valence-corrected chi connectivity index (χ1v) is 10.6. The minimum Gasteiger partial charge on any atom is -0.376 e.